The molecule has 10 heteroatoms. The summed E-state index contributed by atoms with van der Waals surface area (Å²) in [5, 5.41) is 8.92. The topological polar surface area (TPSA) is 113 Å². The summed E-state index contributed by atoms with van der Waals surface area (Å²) in [6, 6.07) is 0. The number of sulfonamides is 1. The molecule has 0 bridgehead atoms. The number of carbonyl (C=O) groups excluding carboxylic acids is 1. The third kappa shape index (κ3) is 5.38. The van der Waals surface area contributed by atoms with Crippen LogP contribution >= 0.6 is 0 Å². The molecule has 2 aliphatic heterocycles. The quantitative estimate of drug-likeness (QED) is 0.628. The van der Waals surface area contributed by atoms with Gasteiger partial charge in [-0.1, -0.05) is 13.8 Å². The third-order valence-electron chi connectivity index (χ3n) is 4.75. The van der Waals surface area contributed by atoms with Gasteiger partial charge in [0, 0.05) is 26.2 Å². The van der Waals surface area contributed by atoms with Gasteiger partial charge in [-0.25, -0.2) is 8.42 Å². The highest BCUT2D eigenvalue weighted by molar-refractivity contribution is 7.88. The molecule has 9 nitrogen and oxygen atoms in total. The van der Waals surface area contributed by atoms with E-state index in [0.717, 1.165) is 10.6 Å². The van der Waals surface area contributed by atoms with Crippen molar-refractivity contribution in [2.24, 2.45) is 11.8 Å². The lowest BCUT2D eigenvalue weighted by Crippen LogP contribution is -2.53. The predicted octanol–water partition coefficient (Wildman–Crippen LogP) is -0.379. The molecule has 2 aliphatic rings. The number of amides is 1. The van der Waals surface area contributed by atoms with Crippen LogP contribution in [0.15, 0.2) is 0 Å². The molecule has 1 amide bonds. The Morgan fingerprint density at radius 3 is 2.54 bits per heavy atom. The summed E-state index contributed by atoms with van der Waals surface area (Å²) in [4.78, 5) is 25.5. The van der Waals surface area contributed by atoms with Crippen LogP contribution in [0.1, 0.15) is 20.3 Å². The molecule has 0 aromatic carbocycles. The Labute approximate surface area is 154 Å². The second-order valence-electron chi connectivity index (χ2n) is 7.20. The highest BCUT2D eigenvalue weighted by atomic mass is 32.2. The Kier molecular flexibility index (Phi) is 7.00. The van der Waals surface area contributed by atoms with Gasteiger partial charge in [0.1, 0.15) is 6.54 Å². The summed E-state index contributed by atoms with van der Waals surface area (Å²) < 4.78 is 35.7. The van der Waals surface area contributed by atoms with E-state index in [2.05, 4.69) is 0 Å². The largest absolute Gasteiger partial charge is 0.480 e. The van der Waals surface area contributed by atoms with Crippen LogP contribution in [0.2, 0.25) is 0 Å². The fourth-order valence-electron chi connectivity index (χ4n) is 3.49. The molecule has 0 aromatic heterocycles. The molecule has 26 heavy (non-hydrogen) atoms. The van der Waals surface area contributed by atoms with Crippen LogP contribution in [0.4, 0.5) is 0 Å². The highest BCUT2D eigenvalue weighted by Gasteiger charge is 2.40. The van der Waals surface area contributed by atoms with E-state index in [4.69, 9.17) is 14.6 Å². The van der Waals surface area contributed by atoms with E-state index in [-0.39, 0.29) is 36.9 Å². The van der Waals surface area contributed by atoms with Crippen LogP contribution in [0.25, 0.3) is 0 Å². The number of morpholine rings is 1. The first-order chi connectivity index (χ1) is 12.1. The summed E-state index contributed by atoms with van der Waals surface area (Å²) in [7, 11) is -3.68. The summed E-state index contributed by atoms with van der Waals surface area (Å²) in [5.41, 5.74) is 0. The number of hydrogen-bond donors (Lipinski definition) is 1. The van der Waals surface area contributed by atoms with Gasteiger partial charge in [-0.15, -0.1) is 0 Å². The van der Waals surface area contributed by atoms with Crippen LogP contribution in [0.5, 0.6) is 0 Å². The van der Waals surface area contributed by atoms with Gasteiger partial charge in [-0.2, -0.15) is 4.31 Å². The fraction of sp³-hybridized carbons (Fsp3) is 0.875. The Bertz CT molecular complexity index is 622. The van der Waals surface area contributed by atoms with Crippen LogP contribution in [0, 0.1) is 11.8 Å². The normalized spacial score (nSPS) is 27.3. The van der Waals surface area contributed by atoms with Crippen molar-refractivity contribution in [1.82, 2.24) is 9.21 Å². The van der Waals surface area contributed by atoms with Gasteiger partial charge in [0.2, 0.25) is 15.9 Å². The van der Waals surface area contributed by atoms with Crippen LogP contribution < -0.4 is 0 Å². The summed E-state index contributed by atoms with van der Waals surface area (Å²) in [6.45, 7) is 4.86. The highest BCUT2D eigenvalue weighted by Crippen LogP contribution is 2.29. The molecule has 2 saturated heterocycles. The molecular formula is C16H28N2O7S. The van der Waals surface area contributed by atoms with Crippen molar-refractivity contribution >= 4 is 21.9 Å². The zero-order valence-corrected chi connectivity index (χ0v) is 16.3. The maximum atomic E-state index is 12.9. The van der Waals surface area contributed by atoms with Gasteiger partial charge in [-0.05, 0) is 12.3 Å². The molecule has 0 aromatic rings. The smallest absolute Gasteiger partial charge is 0.318 e. The van der Waals surface area contributed by atoms with E-state index < -0.39 is 28.6 Å². The SMILES string of the molecule is CC(C)C1OCCC1C(=O)N1CCOC(CN(CC(=O)O)S(C)(=O)=O)C1. The molecule has 3 atom stereocenters. The van der Waals surface area contributed by atoms with Gasteiger partial charge < -0.3 is 19.5 Å². The van der Waals surface area contributed by atoms with E-state index in [1.54, 1.807) is 4.90 Å². The van der Waals surface area contributed by atoms with Gasteiger partial charge in [0.05, 0.1) is 31.0 Å². The molecule has 2 fully saturated rings. The Hall–Kier alpha value is -1.23. The lowest BCUT2D eigenvalue weighted by Gasteiger charge is -2.37. The van der Waals surface area contributed by atoms with E-state index in [1.807, 2.05) is 13.8 Å². The van der Waals surface area contributed by atoms with E-state index in [1.165, 1.54) is 0 Å². The van der Waals surface area contributed by atoms with Crippen molar-refractivity contribution in [3.05, 3.63) is 0 Å². The lowest BCUT2D eigenvalue weighted by atomic mass is 9.91. The lowest BCUT2D eigenvalue weighted by molar-refractivity contribution is -0.146. The average Bonchev–Trinajstić information content (AvgIpc) is 3.02. The molecule has 3 unspecified atom stereocenters. The molecule has 0 radical (unpaired) electrons. The van der Waals surface area contributed by atoms with Crippen LogP contribution in [-0.2, 0) is 29.1 Å². The Morgan fingerprint density at radius 1 is 1.27 bits per heavy atom. The van der Waals surface area contributed by atoms with Gasteiger partial charge in [-0.3, -0.25) is 9.59 Å². The predicted molar refractivity (Wildman–Crippen MR) is 93.1 cm³/mol. The second-order valence-corrected chi connectivity index (χ2v) is 9.18. The van der Waals surface area contributed by atoms with Gasteiger partial charge >= 0.3 is 5.97 Å². The van der Waals surface area contributed by atoms with E-state index >= 15 is 0 Å². The van der Waals surface area contributed by atoms with Gasteiger partial charge in [0.15, 0.2) is 0 Å². The van der Waals surface area contributed by atoms with Crippen molar-refractivity contribution in [3.63, 3.8) is 0 Å². The molecule has 0 saturated carbocycles. The van der Waals surface area contributed by atoms with Crippen molar-refractivity contribution in [2.75, 3.05) is 45.6 Å². The number of rotatable bonds is 7. The minimum atomic E-state index is -3.68. The number of carboxylic acids is 1. The van der Waals surface area contributed by atoms with Crippen molar-refractivity contribution in [1.29, 1.82) is 0 Å². The first-order valence-electron chi connectivity index (χ1n) is 8.78. The number of ether oxygens (including phenoxy) is 2. The average molecular weight is 392 g/mol. The standard InChI is InChI=1S/C16H28N2O7S/c1-11(2)15-13(4-6-25-15)16(21)17-5-7-24-12(8-17)9-18(10-14(19)20)26(3,22)23/h11-13,15H,4-10H2,1-3H3,(H,19,20). The van der Waals surface area contributed by atoms with Crippen molar-refractivity contribution in [3.8, 4) is 0 Å². The number of carbonyl (C=O) groups is 2. The summed E-state index contributed by atoms with van der Waals surface area (Å²) >= 11 is 0. The minimum absolute atomic E-state index is 0.00126. The molecule has 2 heterocycles. The number of carboxylic acid groups (broad SMARTS) is 1. The summed E-state index contributed by atoms with van der Waals surface area (Å²) in [6.07, 6.45) is 0.980. The molecule has 0 spiro atoms. The summed E-state index contributed by atoms with van der Waals surface area (Å²) in [5.74, 6) is -1.20. The van der Waals surface area contributed by atoms with Crippen molar-refractivity contribution in [2.45, 2.75) is 32.5 Å². The van der Waals surface area contributed by atoms with Crippen LogP contribution in [-0.4, -0.2) is 92.5 Å². The Balaban J connectivity index is 2.01. The first-order valence-corrected chi connectivity index (χ1v) is 10.6. The monoisotopic (exact) mass is 392 g/mol. The van der Waals surface area contributed by atoms with Gasteiger partial charge in [0.25, 0.3) is 0 Å². The second kappa shape index (κ2) is 8.64. The zero-order chi connectivity index (χ0) is 19.5. The number of nitrogens with zero attached hydrogens (tertiary/aromatic N) is 2. The third-order valence-corrected chi connectivity index (χ3v) is 5.96. The van der Waals surface area contributed by atoms with E-state index in [9.17, 15) is 18.0 Å². The van der Waals surface area contributed by atoms with E-state index in [0.29, 0.717) is 26.2 Å². The maximum absolute atomic E-state index is 12.9. The van der Waals surface area contributed by atoms with Crippen molar-refractivity contribution < 1.29 is 32.6 Å². The molecule has 0 aliphatic carbocycles. The molecule has 2 rings (SSSR count). The number of hydrogen-bond acceptors (Lipinski definition) is 6. The molecular weight excluding hydrogens is 364 g/mol. The maximum Gasteiger partial charge on any atom is 0.318 e. The Morgan fingerprint density at radius 2 is 1.96 bits per heavy atom. The minimum Gasteiger partial charge on any atom is -0.480 e. The first kappa shape index (κ1) is 21.1. The molecule has 150 valence electrons. The molecule has 1 N–H and O–H groups in total. The fourth-order valence-corrected chi connectivity index (χ4v) is 4.27. The van der Waals surface area contributed by atoms with Crippen LogP contribution in [0.3, 0.4) is 0 Å². The zero-order valence-electron chi connectivity index (χ0n) is 15.5. The number of aliphatic carboxylic acids is 1.